The number of amides is 1. The van der Waals surface area contributed by atoms with Crippen LogP contribution >= 0.6 is 0 Å². The first kappa shape index (κ1) is 22.1. The van der Waals surface area contributed by atoms with Crippen molar-refractivity contribution in [2.75, 3.05) is 18.4 Å². The number of piperidine rings is 1. The maximum Gasteiger partial charge on any atom is 0.410 e. The van der Waals surface area contributed by atoms with Gasteiger partial charge in [-0.3, -0.25) is 0 Å². The Balaban J connectivity index is 1.54. The van der Waals surface area contributed by atoms with E-state index >= 15 is 0 Å². The molecule has 2 heterocycles. The first-order valence-corrected chi connectivity index (χ1v) is 11.2. The molecule has 3 aromatic rings. The number of hydrogen-bond donors (Lipinski definition) is 1. The topological polar surface area (TPSA) is 59.4 Å². The number of halogens is 1. The number of nitrogens with one attached hydrogen (secondary N) is 1. The fraction of sp³-hybridized carbons (Fsp3) is 0.440. The van der Waals surface area contributed by atoms with Crippen LogP contribution in [0.15, 0.2) is 48.5 Å². The van der Waals surface area contributed by atoms with Crippen molar-refractivity contribution >= 4 is 23.1 Å². The van der Waals surface area contributed by atoms with Crippen molar-refractivity contribution in [3.63, 3.8) is 0 Å². The van der Waals surface area contributed by atoms with E-state index in [1.165, 1.54) is 12.1 Å². The Morgan fingerprint density at radius 1 is 1.16 bits per heavy atom. The Labute approximate surface area is 188 Å². The first-order valence-electron chi connectivity index (χ1n) is 11.2. The number of carbonyl (C=O) groups excluding carboxylic acids is 1. The molecule has 1 amide bonds. The highest BCUT2D eigenvalue weighted by Gasteiger charge is 2.30. The molecule has 1 N–H and O–H groups in total. The van der Waals surface area contributed by atoms with E-state index in [1.807, 2.05) is 49.9 Å². The van der Waals surface area contributed by atoms with Crippen molar-refractivity contribution in [3.8, 4) is 0 Å². The summed E-state index contributed by atoms with van der Waals surface area (Å²) in [6, 6.07) is 14.5. The molecular weight excluding hydrogens is 407 g/mol. The zero-order valence-corrected chi connectivity index (χ0v) is 19.0. The van der Waals surface area contributed by atoms with Crippen molar-refractivity contribution in [1.82, 2.24) is 14.5 Å². The second kappa shape index (κ2) is 9.18. The third-order valence-electron chi connectivity index (χ3n) is 5.66. The predicted octanol–water partition coefficient (Wildman–Crippen LogP) is 5.43. The summed E-state index contributed by atoms with van der Waals surface area (Å²) in [6.07, 6.45) is 2.73. The molecule has 0 saturated carbocycles. The summed E-state index contributed by atoms with van der Waals surface area (Å²) >= 11 is 0. The number of fused-ring (bicyclic) bond motifs is 1. The van der Waals surface area contributed by atoms with Gasteiger partial charge in [0.1, 0.15) is 11.4 Å². The predicted molar refractivity (Wildman–Crippen MR) is 124 cm³/mol. The van der Waals surface area contributed by atoms with E-state index in [-0.39, 0.29) is 18.0 Å². The Morgan fingerprint density at radius 2 is 1.91 bits per heavy atom. The first-order chi connectivity index (χ1) is 15.3. The molecule has 1 aliphatic heterocycles. The monoisotopic (exact) mass is 438 g/mol. The molecule has 2 aromatic carbocycles. The van der Waals surface area contributed by atoms with Gasteiger partial charge in [-0.15, -0.1) is 0 Å². The zero-order valence-electron chi connectivity index (χ0n) is 19.0. The smallest absolute Gasteiger partial charge is 0.410 e. The van der Waals surface area contributed by atoms with Gasteiger partial charge in [-0.2, -0.15) is 0 Å². The van der Waals surface area contributed by atoms with Crippen molar-refractivity contribution in [2.24, 2.45) is 0 Å². The molecule has 1 fully saturated rings. The molecule has 6 nitrogen and oxygen atoms in total. The summed E-state index contributed by atoms with van der Waals surface area (Å²) in [4.78, 5) is 19.4. The van der Waals surface area contributed by atoms with Gasteiger partial charge in [0.15, 0.2) is 0 Å². The second-order valence-electron chi connectivity index (χ2n) is 9.34. The number of para-hydroxylation sites is 2. The van der Waals surface area contributed by atoms with Gasteiger partial charge in [0, 0.05) is 13.1 Å². The number of carbonyl (C=O) groups is 1. The maximum atomic E-state index is 13.4. The van der Waals surface area contributed by atoms with Crippen molar-refractivity contribution in [2.45, 2.75) is 58.2 Å². The molecule has 0 radical (unpaired) electrons. The Morgan fingerprint density at radius 3 is 2.66 bits per heavy atom. The minimum absolute atomic E-state index is 0.0395. The van der Waals surface area contributed by atoms with Crippen LogP contribution in [-0.2, 0) is 11.3 Å². The lowest BCUT2D eigenvalue weighted by Gasteiger charge is -2.36. The largest absolute Gasteiger partial charge is 0.444 e. The lowest BCUT2D eigenvalue weighted by atomic mass is 10.0. The third-order valence-corrected chi connectivity index (χ3v) is 5.66. The van der Waals surface area contributed by atoms with Crippen LogP contribution in [0.5, 0.6) is 0 Å². The molecule has 7 heteroatoms. The number of ether oxygens (including phenoxy) is 1. The van der Waals surface area contributed by atoms with E-state index in [2.05, 4.69) is 9.88 Å². The number of aromatic nitrogens is 2. The number of hydrogen-bond acceptors (Lipinski definition) is 4. The number of likely N-dealkylation sites (tertiary alicyclic amines) is 1. The van der Waals surface area contributed by atoms with E-state index in [0.29, 0.717) is 19.6 Å². The molecule has 0 unspecified atom stereocenters. The molecule has 1 aromatic heterocycles. The summed E-state index contributed by atoms with van der Waals surface area (Å²) in [5.41, 5.74) is 2.37. The third kappa shape index (κ3) is 5.21. The van der Waals surface area contributed by atoms with Gasteiger partial charge in [-0.05, 0) is 69.9 Å². The quantitative estimate of drug-likeness (QED) is 0.577. The van der Waals surface area contributed by atoms with E-state index < -0.39 is 5.60 Å². The van der Waals surface area contributed by atoms with E-state index in [0.717, 1.165) is 41.8 Å². The summed E-state index contributed by atoms with van der Waals surface area (Å²) < 4.78 is 21.1. The number of rotatable bonds is 5. The molecule has 1 aliphatic rings. The van der Waals surface area contributed by atoms with Gasteiger partial charge in [0.25, 0.3) is 0 Å². The van der Waals surface area contributed by atoms with Crippen LogP contribution in [0.4, 0.5) is 15.1 Å². The zero-order chi connectivity index (χ0) is 22.7. The van der Waals surface area contributed by atoms with Crippen LogP contribution in [0.25, 0.3) is 11.0 Å². The van der Waals surface area contributed by atoms with Crippen LogP contribution in [-0.4, -0.2) is 45.3 Å². The fourth-order valence-corrected chi connectivity index (χ4v) is 4.13. The average Bonchev–Trinajstić information content (AvgIpc) is 3.10. The van der Waals surface area contributed by atoms with Crippen LogP contribution in [0.1, 0.15) is 45.6 Å². The standard InChI is InChI=1S/C25H31FN4O2/c1-25(2,3)32-24(31)29-15-7-6-8-20(29)16-27-23-28-21-9-4-5-10-22(21)30(23)17-18-11-13-19(26)14-12-18/h4-5,9-14,20H,6-8,15-17H2,1-3H3,(H,27,28)/t20-/m0/s1. The van der Waals surface area contributed by atoms with Crippen LogP contribution in [0, 0.1) is 5.82 Å². The molecular formula is C25H31FN4O2. The Bertz CT molecular complexity index is 1070. The van der Waals surface area contributed by atoms with E-state index in [4.69, 9.17) is 9.72 Å². The summed E-state index contributed by atoms with van der Waals surface area (Å²) in [5, 5.41) is 3.48. The molecule has 32 heavy (non-hydrogen) atoms. The van der Waals surface area contributed by atoms with Gasteiger partial charge < -0.3 is 19.5 Å². The molecule has 1 atom stereocenters. The van der Waals surface area contributed by atoms with Gasteiger partial charge in [-0.25, -0.2) is 14.2 Å². The number of anilines is 1. The van der Waals surface area contributed by atoms with Crippen LogP contribution in [0.2, 0.25) is 0 Å². The normalized spacial score (nSPS) is 16.9. The maximum absolute atomic E-state index is 13.4. The van der Waals surface area contributed by atoms with Crippen LogP contribution in [0.3, 0.4) is 0 Å². The van der Waals surface area contributed by atoms with Gasteiger partial charge in [-0.1, -0.05) is 24.3 Å². The number of benzene rings is 2. The summed E-state index contributed by atoms with van der Waals surface area (Å²) in [7, 11) is 0. The van der Waals surface area contributed by atoms with Crippen molar-refractivity contribution in [1.29, 1.82) is 0 Å². The molecule has 0 bridgehead atoms. The lowest BCUT2D eigenvalue weighted by Crippen LogP contribution is -2.49. The molecule has 170 valence electrons. The molecule has 1 saturated heterocycles. The fourth-order valence-electron chi connectivity index (χ4n) is 4.13. The van der Waals surface area contributed by atoms with Gasteiger partial charge in [0.2, 0.25) is 5.95 Å². The summed E-state index contributed by atoms with van der Waals surface area (Å²) in [6.45, 7) is 7.53. The van der Waals surface area contributed by atoms with Gasteiger partial charge in [0.05, 0.1) is 23.6 Å². The Kier molecular flexibility index (Phi) is 6.35. The van der Waals surface area contributed by atoms with E-state index in [1.54, 1.807) is 12.1 Å². The summed E-state index contributed by atoms with van der Waals surface area (Å²) in [5.74, 6) is 0.493. The second-order valence-corrected chi connectivity index (χ2v) is 9.34. The lowest BCUT2D eigenvalue weighted by molar-refractivity contribution is 0.0114. The average molecular weight is 439 g/mol. The minimum Gasteiger partial charge on any atom is -0.444 e. The van der Waals surface area contributed by atoms with Crippen LogP contribution < -0.4 is 5.32 Å². The molecule has 4 rings (SSSR count). The number of imidazole rings is 1. The van der Waals surface area contributed by atoms with Crippen molar-refractivity contribution in [3.05, 3.63) is 59.9 Å². The SMILES string of the molecule is CC(C)(C)OC(=O)N1CCCC[C@H]1CNc1nc2ccccc2n1Cc1ccc(F)cc1. The highest BCUT2D eigenvalue weighted by atomic mass is 19.1. The highest BCUT2D eigenvalue weighted by molar-refractivity contribution is 5.78. The minimum atomic E-state index is -0.518. The Hall–Kier alpha value is -3.09. The molecule has 0 spiro atoms. The number of nitrogens with zero attached hydrogens (tertiary/aromatic N) is 3. The van der Waals surface area contributed by atoms with Gasteiger partial charge >= 0.3 is 6.09 Å². The molecule has 0 aliphatic carbocycles. The van der Waals surface area contributed by atoms with E-state index in [9.17, 15) is 9.18 Å². The van der Waals surface area contributed by atoms with Crippen molar-refractivity contribution < 1.29 is 13.9 Å². The highest BCUT2D eigenvalue weighted by Crippen LogP contribution is 2.24.